The first-order chi connectivity index (χ1) is 20.8. The highest BCUT2D eigenvalue weighted by Gasteiger charge is 2.23. The molecule has 7 nitrogen and oxygen atoms in total. The average molecular weight is 567 g/mol. The van der Waals surface area contributed by atoms with Crippen LogP contribution in [0.5, 0.6) is 0 Å². The third-order valence-corrected chi connectivity index (χ3v) is 8.62. The molecule has 0 atom stereocenters. The number of aromatic nitrogens is 4. The van der Waals surface area contributed by atoms with Crippen LogP contribution in [0.1, 0.15) is 22.5 Å². The van der Waals surface area contributed by atoms with Crippen molar-refractivity contribution in [1.82, 2.24) is 19.6 Å². The van der Waals surface area contributed by atoms with Crippen LogP contribution >= 0.6 is 0 Å². The van der Waals surface area contributed by atoms with Crippen molar-refractivity contribution in [3.8, 4) is 0 Å². The number of furan rings is 1. The quantitative estimate of drug-likeness (QED) is 0.201. The number of para-hydroxylation sites is 2. The van der Waals surface area contributed by atoms with E-state index in [2.05, 4.69) is 122 Å². The van der Waals surface area contributed by atoms with Gasteiger partial charge >= 0.3 is 0 Å². The molecule has 0 N–H and O–H groups in total. The lowest BCUT2D eigenvalue weighted by Crippen LogP contribution is -2.12. The SMILES string of the molecule is Cc1c(N(c2ccccc2)c2ccc3oc4ccc(N(c5ccccc5)c5nn(C)c(C)c5C)cc4c3c2)nn(C)c1C. The maximum Gasteiger partial charge on any atom is 0.162 e. The highest BCUT2D eigenvalue weighted by molar-refractivity contribution is 6.08. The van der Waals surface area contributed by atoms with Crippen molar-refractivity contribution in [1.29, 1.82) is 0 Å². The Kier molecular flexibility index (Phi) is 6.31. The number of aryl methyl sites for hydroxylation is 2. The first kappa shape index (κ1) is 26.6. The van der Waals surface area contributed by atoms with Crippen LogP contribution in [0.2, 0.25) is 0 Å². The van der Waals surface area contributed by atoms with Gasteiger partial charge in [0.15, 0.2) is 11.6 Å². The van der Waals surface area contributed by atoms with Gasteiger partial charge in [-0.05, 0) is 88.4 Å². The van der Waals surface area contributed by atoms with Crippen LogP contribution in [0.4, 0.5) is 34.4 Å². The summed E-state index contributed by atoms with van der Waals surface area (Å²) in [5.41, 5.74) is 10.4. The van der Waals surface area contributed by atoms with E-state index in [1.807, 2.05) is 35.6 Å². The van der Waals surface area contributed by atoms with Gasteiger partial charge in [0.2, 0.25) is 0 Å². The lowest BCUT2D eigenvalue weighted by atomic mass is 10.1. The van der Waals surface area contributed by atoms with Gasteiger partial charge in [0.1, 0.15) is 11.2 Å². The number of hydrogen-bond donors (Lipinski definition) is 0. The van der Waals surface area contributed by atoms with Gasteiger partial charge in [-0.3, -0.25) is 19.2 Å². The highest BCUT2D eigenvalue weighted by Crippen LogP contribution is 2.42. The van der Waals surface area contributed by atoms with Gasteiger partial charge in [-0.2, -0.15) is 10.2 Å². The van der Waals surface area contributed by atoms with E-state index in [9.17, 15) is 0 Å². The fourth-order valence-electron chi connectivity index (χ4n) is 5.79. The Labute approximate surface area is 251 Å². The summed E-state index contributed by atoms with van der Waals surface area (Å²) in [6.07, 6.45) is 0. The standard InChI is InChI=1S/C36H34N6O/c1-23-25(3)39(5)37-35(23)41(27-13-9-7-10-14-27)29-17-19-33-31(21-29)32-22-30(18-20-34(32)43-33)42(28-15-11-8-12-16-28)36-24(2)26(4)40(6)38-36/h7-22H,1-6H3. The van der Waals surface area contributed by atoms with Crippen LogP contribution in [-0.4, -0.2) is 19.6 Å². The molecule has 0 fully saturated rings. The molecular formula is C36H34N6O. The summed E-state index contributed by atoms with van der Waals surface area (Å²) in [5.74, 6) is 1.82. The van der Waals surface area contributed by atoms with Crippen LogP contribution in [0.3, 0.4) is 0 Å². The monoisotopic (exact) mass is 566 g/mol. The van der Waals surface area contributed by atoms with Gasteiger partial charge in [0, 0.05) is 70.1 Å². The third kappa shape index (κ3) is 4.36. The van der Waals surface area contributed by atoms with Crippen molar-refractivity contribution in [3.05, 3.63) is 120 Å². The number of nitrogens with zero attached hydrogens (tertiary/aromatic N) is 6. The summed E-state index contributed by atoms with van der Waals surface area (Å²) >= 11 is 0. The first-order valence-electron chi connectivity index (χ1n) is 14.5. The second kappa shape index (κ2) is 10.2. The average Bonchev–Trinajstić information content (AvgIpc) is 3.61. The largest absolute Gasteiger partial charge is 0.456 e. The normalized spacial score (nSPS) is 11.5. The van der Waals surface area contributed by atoms with Crippen molar-refractivity contribution in [2.45, 2.75) is 27.7 Å². The van der Waals surface area contributed by atoms with E-state index >= 15 is 0 Å². The summed E-state index contributed by atoms with van der Waals surface area (Å²) in [6, 6.07) is 33.6. The molecule has 4 aromatic carbocycles. The molecule has 7 aromatic rings. The minimum absolute atomic E-state index is 0.842. The molecule has 0 aliphatic carbocycles. The Morgan fingerprint density at radius 2 is 0.907 bits per heavy atom. The van der Waals surface area contributed by atoms with Crippen LogP contribution in [0.15, 0.2) is 101 Å². The summed E-state index contributed by atoms with van der Waals surface area (Å²) < 4.78 is 10.2. The zero-order valence-electron chi connectivity index (χ0n) is 25.3. The molecule has 0 aliphatic heterocycles. The molecule has 7 rings (SSSR count). The first-order valence-corrected chi connectivity index (χ1v) is 14.5. The molecule has 0 unspecified atom stereocenters. The zero-order chi connectivity index (χ0) is 29.8. The van der Waals surface area contributed by atoms with E-state index in [-0.39, 0.29) is 0 Å². The fourth-order valence-corrected chi connectivity index (χ4v) is 5.79. The zero-order valence-corrected chi connectivity index (χ0v) is 25.3. The summed E-state index contributed by atoms with van der Waals surface area (Å²) in [7, 11) is 3.99. The second-order valence-corrected chi connectivity index (χ2v) is 11.1. The highest BCUT2D eigenvalue weighted by atomic mass is 16.3. The van der Waals surface area contributed by atoms with Gasteiger partial charge < -0.3 is 4.42 Å². The Morgan fingerprint density at radius 1 is 0.512 bits per heavy atom. The molecule has 43 heavy (non-hydrogen) atoms. The van der Waals surface area contributed by atoms with Crippen LogP contribution in [-0.2, 0) is 14.1 Å². The van der Waals surface area contributed by atoms with Crippen LogP contribution < -0.4 is 9.80 Å². The van der Waals surface area contributed by atoms with Crippen molar-refractivity contribution in [3.63, 3.8) is 0 Å². The second-order valence-electron chi connectivity index (χ2n) is 11.1. The molecule has 0 bridgehead atoms. The van der Waals surface area contributed by atoms with E-state index in [4.69, 9.17) is 14.6 Å². The van der Waals surface area contributed by atoms with Crippen LogP contribution in [0, 0.1) is 27.7 Å². The van der Waals surface area contributed by atoms with E-state index in [0.29, 0.717) is 0 Å². The molecular weight excluding hydrogens is 532 g/mol. The third-order valence-electron chi connectivity index (χ3n) is 8.62. The Bertz CT molecular complexity index is 1950. The smallest absolute Gasteiger partial charge is 0.162 e. The van der Waals surface area contributed by atoms with Crippen molar-refractivity contribution >= 4 is 56.3 Å². The molecule has 0 saturated carbocycles. The predicted molar refractivity (Wildman–Crippen MR) is 176 cm³/mol. The van der Waals surface area contributed by atoms with Crippen molar-refractivity contribution in [2.75, 3.05) is 9.80 Å². The van der Waals surface area contributed by atoms with E-state index in [0.717, 1.165) is 78.8 Å². The van der Waals surface area contributed by atoms with E-state index < -0.39 is 0 Å². The maximum absolute atomic E-state index is 6.36. The molecule has 0 saturated heterocycles. The molecule has 3 heterocycles. The van der Waals surface area contributed by atoms with E-state index in [1.54, 1.807) is 0 Å². The number of benzene rings is 4. The minimum Gasteiger partial charge on any atom is -0.456 e. The fraction of sp³-hybridized carbons (Fsp3) is 0.167. The molecule has 7 heteroatoms. The molecule has 0 spiro atoms. The number of fused-ring (bicyclic) bond motifs is 3. The topological polar surface area (TPSA) is 55.3 Å². The Balaban J connectivity index is 1.43. The van der Waals surface area contributed by atoms with Crippen molar-refractivity contribution in [2.24, 2.45) is 14.1 Å². The summed E-state index contributed by atoms with van der Waals surface area (Å²) in [4.78, 5) is 4.45. The van der Waals surface area contributed by atoms with Crippen molar-refractivity contribution < 1.29 is 4.42 Å². The number of anilines is 6. The number of hydrogen-bond acceptors (Lipinski definition) is 5. The molecule has 0 amide bonds. The Morgan fingerprint density at radius 3 is 1.26 bits per heavy atom. The van der Waals surface area contributed by atoms with Crippen LogP contribution in [0.25, 0.3) is 21.9 Å². The van der Waals surface area contributed by atoms with Gasteiger partial charge in [-0.1, -0.05) is 36.4 Å². The number of rotatable bonds is 6. The van der Waals surface area contributed by atoms with Gasteiger partial charge in [-0.25, -0.2) is 0 Å². The maximum atomic E-state index is 6.36. The lowest BCUT2D eigenvalue weighted by Gasteiger charge is -2.24. The molecule has 0 radical (unpaired) electrons. The molecule has 214 valence electrons. The Hall–Kier alpha value is -5.30. The minimum atomic E-state index is 0.842. The molecule has 3 aromatic heterocycles. The predicted octanol–water partition coefficient (Wildman–Crippen LogP) is 9.23. The van der Waals surface area contributed by atoms with E-state index in [1.165, 1.54) is 0 Å². The molecule has 0 aliphatic rings. The van der Waals surface area contributed by atoms with Gasteiger partial charge in [0.25, 0.3) is 0 Å². The summed E-state index contributed by atoms with van der Waals surface area (Å²) in [6.45, 7) is 8.47. The lowest BCUT2D eigenvalue weighted by molar-refractivity contribution is 0.669. The van der Waals surface area contributed by atoms with Gasteiger partial charge in [0.05, 0.1) is 0 Å². The summed E-state index contributed by atoms with van der Waals surface area (Å²) in [5, 5.41) is 11.9. The van der Waals surface area contributed by atoms with Gasteiger partial charge in [-0.15, -0.1) is 0 Å².